The van der Waals surface area contributed by atoms with Crippen LogP contribution in [0, 0.1) is 6.08 Å². The summed E-state index contributed by atoms with van der Waals surface area (Å²) in [7, 11) is 0. The molecule has 1 aliphatic rings. The molecule has 1 aliphatic carbocycles. The molecule has 0 nitrogen and oxygen atoms in total. The summed E-state index contributed by atoms with van der Waals surface area (Å²) in [6, 6.07) is 0. The first-order valence-corrected chi connectivity index (χ1v) is 4.70. The van der Waals surface area contributed by atoms with Crippen LogP contribution >= 0.6 is 0 Å². The van der Waals surface area contributed by atoms with Crippen molar-refractivity contribution in [3.05, 3.63) is 24.3 Å². The van der Waals surface area contributed by atoms with Crippen LogP contribution in [0.3, 0.4) is 0 Å². The van der Waals surface area contributed by atoms with Crippen molar-refractivity contribution in [1.29, 1.82) is 0 Å². The molecule has 1 rings (SSSR count). The summed E-state index contributed by atoms with van der Waals surface area (Å²) in [5.41, 5.74) is 0. The molecule has 0 heterocycles. The normalized spacial score (nSPS) is 26.9. The van der Waals surface area contributed by atoms with Gasteiger partial charge in [-0.1, -0.05) is 31.1 Å². The van der Waals surface area contributed by atoms with Gasteiger partial charge in [-0.15, -0.1) is 0 Å². The molecule has 0 aromatic rings. The van der Waals surface area contributed by atoms with E-state index in [4.69, 9.17) is 0 Å². The summed E-state index contributed by atoms with van der Waals surface area (Å²) < 4.78 is 0. The SMILES string of the molecule is [C]1=C\CCCCCC/C=C\C/1. The minimum atomic E-state index is 1.01. The molecule has 0 fully saturated rings. The molecule has 0 amide bonds. The van der Waals surface area contributed by atoms with Gasteiger partial charge < -0.3 is 0 Å². The Balaban J connectivity index is 2.22. The molecule has 61 valence electrons. The molecule has 1 radical (unpaired) electrons. The van der Waals surface area contributed by atoms with E-state index in [0.29, 0.717) is 0 Å². The van der Waals surface area contributed by atoms with Gasteiger partial charge in [0.25, 0.3) is 0 Å². The largest absolute Gasteiger partial charge is 0.0882 e. The van der Waals surface area contributed by atoms with E-state index in [1.807, 2.05) is 0 Å². The smallest absolute Gasteiger partial charge is 0.00979 e. The van der Waals surface area contributed by atoms with E-state index >= 15 is 0 Å². The van der Waals surface area contributed by atoms with Crippen LogP contribution in [0.15, 0.2) is 18.2 Å². The fourth-order valence-corrected chi connectivity index (χ4v) is 1.32. The first kappa shape index (κ1) is 8.58. The van der Waals surface area contributed by atoms with E-state index in [1.54, 1.807) is 0 Å². The number of hydrogen-bond donors (Lipinski definition) is 0. The molecule has 0 heteroatoms. The van der Waals surface area contributed by atoms with Crippen molar-refractivity contribution in [2.75, 3.05) is 0 Å². The second kappa shape index (κ2) is 6.21. The van der Waals surface area contributed by atoms with Gasteiger partial charge in [0.15, 0.2) is 0 Å². The van der Waals surface area contributed by atoms with E-state index < -0.39 is 0 Å². The average molecular weight is 149 g/mol. The highest BCUT2D eigenvalue weighted by Crippen LogP contribution is 2.07. The minimum Gasteiger partial charge on any atom is -0.0882 e. The van der Waals surface area contributed by atoms with E-state index in [0.717, 1.165) is 6.42 Å². The second-order valence-corrected chi connectivity index (χ2v) is 3.08. The zero-order chi connectivity index (χ0) is 7.78. The number of hydrogen-bond acceptors (Lipinski definition) is 0. The van der Waals surface area contributed by atoms with Gasteiger partial charge in [0.2, 0.25) is 0 Å². The molecule has 0 unspecified atom stereocenters. The molecular formula is C11H17. The lowest BCUT2D eigenvalue weighted by Crippen LogP contribution is -1.75. The highest BCUT2D eigenvalue weighted by atomic mass is 13.9. The molecule has 0 aromatic heterocycles. The van der Waals surface area contributed by atoms with Gasteiger partial charge in [-0.05, 0) is 38.2 Å². The lowest BCUT2D eigenvalue weighted by molar-refractivity contribution is 0.653. The third-order valence-corrected chi connectivity index (χ3v) is 2.02. The Hall–Kier alpha value is -0.520. The average Bonchev–Trinajstić information content (AvgIpc) is 2.08. The molecule has 0 aromatic carbocycles. The molecule has 0 spiro atoms. The topological polar surface area (TPSA) is 0 Å². The minimum absolute atomic E-state index is 1.01. The van der Waals surface area contributed by atoms with Gasteiger partial charge >= 0.3 is 0 Å². The first-order valence-electron chi connectivity index (χ1n) is 4.70. The molecule has 0 atom stereocenters. The van der Waals surface area contributed by atoms with Crippen LogP contribution in [0.5, 0.6) is 0 Å². The molecular weight excluding hydrogens is 132 g/mol. The van der Waals surface area contributed by atoms with E-state index in [1.165, 1.54) is 38.5 Å². The van der Waals surface area contributed by atoms with Gasteiger partial charge in [0.1, 0.15) is 0 Å². The summed E-state index contributed by atoms with van der Waals surface area (Å²) in [5.74, 6) is 0. The van der Waals surface area contributed by atoms with Crippen LogP contribution in [0.4, 0.5) is 0 Å². The van der Waals surface area contributed by atoms with Crippen molar-refractivity contribution in [2.45, 2.75) is 44.9 Å². The van der Waals surface area contributed by atoms with Gasteiger partial charge in [-0.3, -0.25) is 0 Å². The highest BCUT2D eigenvalue weighted by Gasteiger charge is 1.88. The first-order chi connectivity index (χ1) is 5.50. The van der Waals surface area contributed by atoms with E-state index in [2.05, 4.69) is 24.3 Å². The van der Waals surface area contributed by atoms with E-state index in [-0.39, 0.29) is 0 Å². The molecule has 0 aliphatic heterocycles. The lowest BCUT2D eigenvalue weighted by Gasteiger charge is -1.95. The quantitative estimate of drug-likeness (QED) is 0.461. The van der Waals surface area contributed by atoms with Crippen LogP contribution in [0.25, 0.3) is 0 Å². The number of allylic oxidation sites excluding steroid dienone is 4. The maximum Gasteiger partial charge on any atom is -0.00979 e. The fourth-order valence-electron chi connectivity index (χ4n) is 1.32. The second-order valence-electron chi connectivity index (χ2n) is 3.08. The third-order valence-electron chi connectivity index (χ3n) is 2.02. The van der Waals surface area contributed by atoms with Gasteiger partial charge in [-0.2, -0.15) is 0 Å². The Morgan fingerprint density at radius 2 is 1.64 bits per heavy atom. The van der Waals surface area contributed by atoms with E-state index in [9.17, 15) is 0 Å². The van der Waals surface area contributed by atoms with Crippen LogP contribution in [-0.2, 0) is 0 Å². The predicted octanol–water partition coefficient (Wildman–Crippen LogP) is 3.65. The van der Waals surface area contributed by atoms with Crippen LogP contribution in [0.1, 0.15) is 44.9 Å². The molecule has 11 heavy (non-hydrogen) atoms. The van der Waals surface area contributed by atoms with Crippen molar-refractivity contribution < 1.29 is 0 Å². The zero-order valence-corrected chi connectivity index (χ0v) is 7.18. The highest BCUT2D eigenvalue weighted by molar-refractivity contribution is 4.88. The van der Waals surface area contributed by atoms with Gasteiger partial charge in [-0.25, -0.2) is 0 Å². The monoisotopic (exact) mass is 149 g/mol. The Bertz CT molecular complexity index is 115. The van der Waals surface area contributed by atoms with Crippen molar-refractivity contribution in [3.63, 3.8) is 0 Å². The fraction of sp³-hybridized carbons (Fsp3) is 0.636. The van der Waals surface area contributed by atoms with Crippen LogP contribution in [-0.4, -0.2) is 0 Å². The molecule has 0 N–H and O–H groups in total. The van der Waals surface area contributed by atoms with Gasteiger partial charge in [0.05, 0.1) is 0 Å². The van der Waals surface area contributed by atoms with Crippen molar-refractivity contribution in [1.82, 2.24) is 0 Å². The summed E-state index contributed by atoms with van der Waals surface area (Å²) in [5, 5.41) is 0. The summed E-state index contributed by atoms with van der Waals surface area (Å²) in [6.07, 6.45) is 19.0. The summed E-state index contributed by atoms with van der Waals surface area (Å²) >= 11 is 0. The number of rotatable bonds is 0. The maximum absolute atomic E-state index is 3.27. The van der Waals surface area contributed by atoms with Crippen molar-refractivity contribution >= 4 is 0 Å². The Labute approximate surface area is 70.0 Å². The molecule has 0 bridgehead atoms. The Morgan fingerprint density at radius 1 is 0.818 bits per heavy atom. The van der Waals surface area contributed by atoms with Crippen molar-refractivity contribution in [2.24, 2.45) is 0 Å². The maximum atomic E-state index is 3.27. The van der Waals surface area contributed by atoms with Gasteiger partial charge in [0, 0.05) is 0 Å². The van der Waals surface area contributed by atoms with Crippen LogP contribution < -0.4 is 0 Å². The molecule has 0 saturated heterocycles. The Morgan fingerprint density at radius 3 is 2.55 bits per heavy atom. The third kappa shape index (κ3) is 4.83. The predicted molar refractivity (Wildman–Crippen MR) is 49.3 cm³/mol. The summed E-state index contributed by atoms with van der Waals surface area (Å²) in [6.45, 7) is 0. The summed E-state index contributed by atoms with van der Waals surface area (Å²) in [4.78, 5) is 0. The lowest BCUT2D eigenvalue weighted by atomic mass is 10.1. The van der Waals surface area contributed by atoms with Crippen LogP contribution in [0.2, 0.25) is 0 Å². The zero-order valence-electron chi connectivity index (χ0n) is 7.18. The van der Waals surface area contributed by atoms with Crippen molar-refractivity contribution in [3.8, 4) is 0 Å². The molecule has 0 saturated carbocycles. The standard InChI is InChI=1S/C11H17/c1-2-4-6-8-10-11-9-7-5-3-1/h1-2,8H,3-5,7,9-11H2/b2-1-,8-6?. The Kier molecular flexibility index (Phi) is 4.84.